The Bertz CT molecular complexity index is 594. The summed E-state index contributed by atoms with van der Waals surface area (Å²) < 4.78 is 5.93. The molecule has 1 aromatic rings. The summed E-state index contributed by atoms with van der Waals surface area (Å²) >= 11 is 3.29. The molecule has 0 fully saturated rings. The fourth-order valence-corrected chi connectivity index (χ4v) is 2.03. The van der Waals surface area contributed by atoms with Crippen LogP contribution in [0.5, 0.6) is 0 Å². The molecule has 132 valence electrons. The molecule has 0 bridgehead atoms. The molecule has 0 spiro atoms. The van der Waals surface area contributed by atoms with Gasteiger partial charge in [-0.3, -0.25) is 14.4 Å². The molecule has 1 atom stereocenters. The van der Waals surface area contributed by atoms with Crippen LogP contribution in [-0.4, -0.2) is 36.0 Å². The van der Waals surface area contributed by atoms with Gasteiger partial charge in [-0.15, -0.1) is 0 Å². The monoisotopic (exact) mass is 398 g/mol. The predicted octanol–water partition coefficient (Wildman–Crippen LogP) is 2.42. The van der Waals surface area contributed by atoms with E-state index in [-0.39, 0.29) is 24.8 Å². The summed E-state index contributed by atoms with van der Waals surface area (Å²) in [6.45, 7) is 7.19. The summed E-state index contributed by atoms with van der Waals surface area (Å²) in [7, 11) is 0. The number of carbonyl (C=O) groups is 3. The molecule has 0 aromatic heterocycles. The summed E-state index contributed by atoms with van der Waals surface area (Å²) in [4.78, 5) is 35.4. The van der Waals surface area contributed by atoms with Gasteiger partial charge in [-0.1, -0.05) is 15.9 Å². The van der Waals surface area contributed by atoms with E-state index in [9.17, 15) is 14.4 Å². The van der Waals surface area contributed by atoms with Gasteiger partial charge in [0.15, 0.2) is 6.10 Å². The predicted molar refractivity (Wildman–Crippen MR) is 94.5 cm³/mol. The summed E-state index contributed by atoms with van der Waals surface area (Å²) in [6, 6.07) is 6.88. The summed E-state index contributed by atoms with van der Waals surface area (Å²) in [6.07, 6.45) is -0.881. The average molecular weight is 399 g/mol. The molecule has 1 rings (SSSR count). The van der Waals surface area contributed by atoms with Crippen LogP contribution in [0.4, 0.5) is 0 Å². The highest BCUT2D eigenvalue weighted by atomic mass is 79.9. The lowest BCUT2D eigenvalue weighted by Gasteiger charge is -2.23. The molecule has 6 nitrogen and oxygen atoms in total. The van der Waals surface area contributed by atoms with Crippen molar-refractivity contribution in [3.8, 4) is 0 Å². The number of carbonyl (C=O) groups excluding carboxylic acids is 3. The van der Waals surface area contributed by atoms with Gasteiger partial charge in [-0.25, -0.2) is 0 Å². The second-order valence-electron chi connectivity index (χ2n) is 6.38. The lowest BCUT2D eigenvalue weighted by atomic mass is 10.1. The van der Waals surface area contributed by atoms with Crippen LogP contribution >= 0.6 is 15.9 Å². The third-order valence-corrected chi connectivity index (χ3v) is 3.43. The number of ether oxygens (including phenoxy) is 1. The van der Waals surface area contributed by atoms with Crippen LogP contribution in [-0.2, 0) is 14.3 Å². The first-order valence-corrected chi connectivity index (χ1v) is 8.43. The fourth-order valence-electron chi connectivity index (χ4n) is 1.76. The zero-order valence-corrected chi connectivity index (χ0v) is 15.9. The molecule has 2 amide bonds. The van der Waals surface area contributed by atoms with E-state index in [1.807, 2.05) is 20.8 Å². The quantitative estimate of drug-likeness (QED) is 0.720. The summed E-state index contributed by atoms with van der Waals surface area (Å²) in [5.41, 5.74) is 0.112. The van der Waals surface area contributed by atoms with Crippen molar-refractivity contribution in [2.24, 2.45) is 0 Å². The third kappa shape index (κ3) is 7.59. The number of halogens is 1. The topological polar surface area (TPSA) is 84.5 Å². The Kier molecular flexibility index (Phi) is 7.41. The zero-order valence-electron chi connectivity index (χ0n) is 14.3. The first-order chi connectivity index (χ1) is 11.1. The van der Waals surface area contributed by atoms with E-state index >= 15 is 0 Å². The Morgan fingerprint density at radius 3 is 2.29 bits per heavy atom. The molecule has 0 aliphatic carbocycles. The molecule has 0 radical (unpaired) electrons. The third-order valence-electron chi connectivity index (χ3n) is 2.90. The average Bonchev–Trinajstić information content (AvgIpc) is 2.45. The van der Waals surface area contributed by atoms with Crippen LogP contribution < -0.4 is 10.6 Å². The molecule has 0 saturated carbocycles. The molecular formula is C17H23BrN2O4. The molecule has 0 saturated heterocycles. The molecule has 1 aromatic carbocycles. The van der Waals surface area contributed by atoms with E-state index in [1.165, 1.54) is 6.92 Å². The molecule has 2 N–H and O–H groups in total. The van der Waals surface area contributed by atoms with Gasteiger partial charge in [0.2, 0.25) is 0 Å². The molecule has 0 heterocycles. The molecule has 0 unspecified atom stereocenters. The van der Waals surface area contributed by atoms with E-state index in [0.717, 1.165) is 4.47 Å². The Morgan fingerprint density at radius 1 is 1.17 bits per heavy atom. The van der Waals surface area contributed by atoms with Gasteiger partial charge in [-0.05, 0) is 52.0 Å². The Hall–Kier alpha value is -1.89. The molecule has 24 heavy (non-hydrogen) atoms. The summed E-state index contributed by atoms with van der Waals surface area (Å²) in [5, 5.41) is 5.37. The largest absolute Gasteiger partial charge is 0.452 e. The molecular weight excluding hydrogens is 376 g/mol. The van der Waals surface area contributed by atoms with Crippen molar-refractivity contribution in [2.75, 3.05) is 6.54 Å². The first-order valence-electron chi connectivity index (χ1n) is 7.64. The minimum absolute atomic E-state index is 0.00456. The second kappa shape index (κ2) is 8.82. The molecule has 0 aliphatic rings. The van der Waals surface area contributed by atoms with E-state index < -0.39 is 17.6 Å². The maximum atomic E-state index is 11.9. The summed E-state index contributed by atoms with van der Waals surface area (Å²) in [5.74, 6) is -1.16. The lowest BCUT2D eigenvalue weighted by molar-refractivity contribution is -0.155. The zero-order chi connectivity index (χ0) is 18.3. The van der Waals surface area contributed by atoms with Gasteiger partial charge in [0, 0.05) is 22.1 Å². The van der Waals surface area contributed by atoms with Crippen molar-refractivity contribution in [2.45, 2.75) is 45.8 Å². The van der Waals surface area contributed by atoms with Gasteiger partial charge in [0.1, 0.15) is 0 Å². The number of amides is 2. The normalized spacial score (nSPS) is 12.2. The highest BCUT2D eigenvalue weighted by Crippen LogP contribution is 2.10. The smallest absolute Gasteiger partial charge is 0.308 e. The second-order valence-corrected chi connectivity index (χ2v) is 7.30. The number of benzene rings is 1. The van der Waals surface area contributed by atoms with Crippen molar-refractivity contribution in [1.29, 1.82) is 0 Å². The number of hydrogen-bond acceptors (Lipinski definition) is 4. The van der Waals surface area contributed by atoms with E-state index in [2.05, 4.69) is 26.6 Å². The lowest BCUT2D eigenvalue weighted by Crippen LogP contribution is -2.46. The number of esters is 1. The van der Waals surface area contributed by atoms with Gasteiger partial charge in [0.05, 0.1) is 6.42 Å². The minimum atomic E-state index is -0.876. The highest BCUT2D eigenvalue weighted by molar-refractivity contribution is 9.10. The van der Waals surface area contributed by atoms with Gasteiger partial charge in [0.25, 0.3) is 11.8 Å². The van der Waals surface area contributed by atoms with Crippen molar-refractivity contribution in [3.63, 3.8) is 0 Å². The van der Waals surface area contributed by atoms with Crippen molar-refractivity contribution >= 4 is 33.7 Å². The molecule has 0 aliphatic heterocycles. The van der Waals surface area contributed by atoms with E-state index in [4.69, 9.17) is 4.74 Å². The van der Waals surface area contributed by atoms with Gasteiger partial charge >= 0.3 is 5.97 Å². The Balaban J connectivity index is 2.34. The maximum Gasteiger partial charge on any atom is 0.308 e. The Morgan fingerprint density at radius 2 is 1.75 bits per heavy atom. The highest BCUT2D eigenvalue weighted by Gasteiger charge is 2.22. The fraction of sp³-hybridized carbons (Fsp3) is 0.471. The standard InChI is InChI=1S/C17H23BrN2O4/c1-11(15(22)20-17(2,3)4)24-14(21)9-10-19-16(23)12-5-7-13(18)8-6-12/h5-8,11H,9-10H2,1-4H3,(H,19,23)(H,20,22)/t11-/m0/s1. The SMILES string of the molecule is C[C@H](OC(=O)CCNC(=O)c1ccc(Br)cc1)C(=O)NC(C)(C)C. The van der Waals surface area contributed by atoms with Gasteiger partial charge in [-0.2, -0.15) is 0 Å². The van der Waals surface area contributed by atoms with E-state index in [0.29, 0.717) is 5.56 Å². The minimum Gasteiger partial charge on any atom is -0.452 e. The van der Waals surface area contributed by atoms with Crippen molar-refractivity contribution in [3.05, 3.63) is 34.3 Å². The van der Waals surface area contributed by atoms with Crippen LogP contribution in [0.1, 0.15) is 44.5 Å². The van der Waals surface area contributed by atoms with Crippen LogP contribution in [0, 0.1) is 0 Å². The van der Waals surface area contributed by atoms with Crippen molar-refractivity contribution in [1.82, 2.24) is 10.6 Å². The number of hydrogen-bond donors (Lipinski definition) is 2. The van der Waals surface area contributed by atoms with Gasteiger partial charge < -0.3 is 15.4 Å². The van der Waals surface area contributed by atoms with Crippen LogP contribution in [0.3, 0.4) is 0 Å². The number of nitrogens with one attached hydrogen (secondary N) is 2. The number of rotatable bonds is 6. The van der Waals surface area contributed by atoms with Crippen LogP contribution in [0.2, 0.25) is 0 Å². The van der Waals surface area contributed by atoms with E-state index in [1.54, 1.807) is 24.3 Å². The first kappa shape index (κ1) is 20.2. The van der Waals surface area contributed by atoms with Crippen LogP contribution in [0.25, 0.3) is 0 Å². The Labute approximate surface area is 150 Å². The van der Waals surface area contributed by atoms with Crippen LogP contribution in [0.15, 0.2) is 28.7 Å². The molecule has 7 heteroatoms. The maximum absolute atomic E-state index is 11.9. The van der Waals surface area contributed by atoms with Crippen molar-refractivity contribution < 1.29 is 19.1 Å².